The third-order valence-electron chi connectivity index (χ3n) is 3.79. The summed E-state index contributed by atoms with van der Waals surface area (Å²) >= 11 is 0. The summed E-state index contributed by atoms with van der Waals surface area (Å²) in [4.78, 5) is 4.60. The third kappa shape index (κ3) is 2.50. The molecule has 18 heavy (non-hydrogen) atoms. The Kier molecular flexibility index (Phi) is 3.49. The number of benzene rings is 1. The Bertz CT molecular complexity index is 433. The minimum atomic E-state index is 0.648. The van der Waals surface area contributed by atoms with Gasteiger partial charge in [0.05, 0.1) is 0 Å². The van der Waals surface area contributed by atoms with E-state index in [0.717, 1.165) is 25.3 Å². The lowest BCUT2D eigenvalue weighted by Gasteiger charge is -2.20. The molecular formula is C15H21N3. The molecule has 1 heterocycles. The van der Waals surface area contributed by atoms with Crippen LogP contribution in [0.5, 0.6) is 0 Å². The van der Waals surface area contributed by atoms with E-state index in [1.54, 1.807) is 0 Å². The number of nitrogens with zero attached hydrogens (tertiary/aromatic N) is 1. The number of aliphatic imine (C=N–C) groups is 1. The van der Waals surface area contributed by atoms with Crippen LogP contribution in [-0.2, 0) is 0 Å². The second-order valence-corrected chi connectivity index (χ2v) is 5.18. The lowest BCUT2D eigenvalue weighted by Crippen LogP contribution is -2.31. The maximum atomic E-state index is 4.60. The lowest BCUT2D eigenvalue weighted by molar-refractivity contribution is 0.739. The molecule has 2 N–H and O–H groups in total. The van der Waals surface area contributed by atoms with Gasteiger partial charge in [-0.05, 0) is 31.4 Å². The standard InChI is InChI=1S/C15H21N3/c1-2-7-12(6-1)18-14-9-4-3-8-13(14)15-16-10-5-11-17-15/h3-4,8-9,12,18H,1-2,5-7,10-11H2,(H,16,17). The van der Waals surface area contributed by atoms with Crippen LogP contribution in [0.3, 0.4) is 0 Å². The Morgan fingerprint density at radius 3 is 2.72 bits per heavy atom. The van der Waals surface area contributed by atoms with E-state index in [1.807, 2.05) is 0 Å². The summed E-state index contributed by atoms with van der Waals surface area (Å²) in [5, 5.41) is 7.10. The van der Waals surface area contributed by atoms with Gasteiger partial charge in [0.15, 0.2) is 0 Å². The van der Waals surface area contributed by atoms with Gasteiger partial charge in [0.2, 0.25) is 0 Å². The van der Waals surface area contributed by atoms with Gasteiger partial charge in [-0.25, -0.2) is 0 Å². The maximum Gasteiger partial charge on any atom is 0.130 e. The molecule has 1 aliphatic heterocycles. The summed E-state index contributed by atoms with van der Waals surface area (Å²) < 4.78 is 0. The van der Waals surface area contributed by atoms with Crippen molar-refractivity contribution in [2.24, 2.45) is 4.99 Å². The van der Waals surface area contributed by atoms with Crippen molar-refractivity contribution in [1.82, 2.24) is 5.32 Å². The molecule has 3 rings (SSSR count). The third-order valence-corrected chi connectivity index (χ3v) is 3.79. The minimum absolute atomic E-state index is 0.648. The molecule has 0 unspecified atom stereocenters. The molecule has 3 nitrogen and oxygen atoms in total. The van der Waals surface area contributed by atoms with Gasteiger partial charge in [0.25, 0.3) is 0 Å². The molecule has 1 saturated carbocycles. The van der Waals surface area contributed by atoms with Crippen LogP contribution in [0.4, 0.5) is 5.69 Å². The van der Waals surface area contributed by atoms with E-state index in [2.05, 4.69) is 39.9 Å². The predicted octanol–water partition coefficient (Wildman–Crippen LogP) is 2.78. The number of para-hydroxylation sites is 1. The first-order valence-corrected chi connectivity index (χ1v) is 7.08. The quantitative estimate of drug-likeness (QED) is 0.856. The van der Waals surface area contributed by atoms with Crippen molar-refractivity contribution >= 4 is 11.5 Å². The molecule has 0 aromatic heterocycles. The second-order valence-electron chi connectivity index (χ2n) is 5.18. The summed E-state index contributed by atoms with van der Waals surface area (Å²) in [6.45, 7) is 1.98. The highest BCUT2D eigenvalue weighted by atomic mass is 15.0. The van der Waals surface area contributed by atoms with Crippen LogP contribution >= 0.6 is 0 Å². The highest BCUT2D eigenvalue weighted by Gasteiger charge is 2.17. The summed E-state index contributed by atoms with van der Waals surface area (Å²) in [6, 6.07) is 9.18. The van der Waals surface area contributed by atoms with Crippen molar-refractivity contribution in [3.8, 4) is 0 Å². The van der Waals surface area contributed by atoms with Gasteiger partial charge >= 0.3 is 0 Å². The van der Waals surface area contributed by atoms with Gasteiger partial charge in [-0.2, -0.15) is 0 Å². The fraction of sp³-hybridized carbons (Fsp3) is 0.533. The number of nitrogens with one attached hydrogen (secondary N) is 2. The maximum absolute atomic E-state index is 4.60. The highest BCUT2D eigenvalue weighted by molar-refractivity contribution is 6.03. The van der Waals surface area contributed by atoms with Crippen molar-refractivity contribution in [3.05, 3.63) is 29.8 Å². The molecule has 0 bridgehead atoms. The SMILES string of the molecule is c1ccc(C2=NCCCN2)c(NC2CCCC2)c1. The van der Waals surface area contributed by atoms with E-state index in [1.165, 1.54) is 36.9 Å². The van der Waals surface area contributed by atoms with Crippen molar-refractivity contribution in [2.45, 2.75) is 38.1 Å². The molecule has 96 valence electrons. The van der Waals surface area contributed by atoms with E-state index in [4.69, 9.17) is 0 Å². The fourth-order valence-electron chi connectivity index (χ4n) is 2.82. The van der Waals surface area contributed by atoms with Gasteiger partial charge in [-0.3, -0.25) is 4.99 Å². The van der Waals surface area contributed by atoms with E-state index in [0.29, 0.717) is 6.04 Å². The zero-order chi connectivity index (χ0) is 12.2. The van der Waals surface area contributed by atoms with Crippen LogP contribution < -0.4 is 10.6 Å². The van der Waals surface area contributed by atoms with Crippen LogP contribution in [0.25, 0.3) is 0 Å². The number of amidine groups is 1. The van der Waals surface area contributed by atoms with Crippen LogP contribution in [0, 0.1) is 0 Å². The minimum Gasteiger partial charge on any atom is -0.382 e. The molecule has 0 radical (unpaired) electrons. The Labute approximate surface area is 109 Å². The monoisotopic (exact) mass is 243 g/mol. The first kappa shape index (κ1) is 11.6. The Morgan fingerprint density at radius 1 is 1.11 bits per heavy atom. The van der Waals surface area contributed by atoms with Crippen LogP contribution in [0.2, 0.25) is 0 Å². The molecule has 0 amide bonds. The molecule has 0 spiro atoms. The van der Waals surface area contributed by atoms with Crippen molar-refractivity contribution in [2.75, 3.05) is 18.4 Å². The summed E-state index contributed by atoms with van der Waals surface area (Å²) in [7, 11) is 0. The van der Waals surface area contributed by atoms with Gasteiger partial charge in [-0.15, -0.1) is 0 Å². The second kappa shape index (κ2) is 5.42. The van der Waals surface area contributed by atoms with E-state index in [-0.39, 0.29) is 0 Å². The number of hydrogen-bond donors (Lipinski definition) is 2. The average molecular weight is 243 g/mol. The molecule has 2 aliphatic rings. The summed E-state index contributed by atoms with van der Waals surface area (Å²) in [6.07, 6.45) is 6.46. The molecule has 3 heteroatoms. The first-order chi connectivity index (χ1) is 8.93. The summed E-state index contributed by atoms with van der Waals surface area (Å²) in [5.74, 6) is 1.06. The normalized spacial score (nSPS) is 20.3. The fourth-order valence-corrected chi connectivity index (χ4v) is 2.82. The van der Waals surface area contributed by atoms with Crippen molar-refractivity contribution in [1.29, 1.82) is 0 Å². The van der Waals surface area contributed by atoms with Crippen molar-refractivity contribution in [3.63, 3.8) is 0 Å². The number of rotatable bonds is 3. The predicted molar refractivity (Wildman–Crippen MR) is 76.3 cm³/mol. The molecule has 0 atom stereocenters. The molecule has 1 aromatic rings. The Hall–Kier alpha value is -1.51. The van der Waals surface area contributed by atoms with Crippen LogP contribution in [-0.4, -0.2) is 25.0 Å². The van der Waals surface area contributed by atoms with E-state index < -0.39 is 0 Å². The molecule has 1 aromatic carbocycles. The smallest absolute Gasteiger partial charge is 0.130 e. The largest absolute Gasteiger partial charge is 0.382 e. The Balaban J connectivity index is 1.82. The van der Waals surface area contributed by atoms with Crippen LogP contribution in [0.1, 0.15) is 37.7 Å². The molecule has 1 fully saturated rings. The topological polar surface area (TPSA) is 36.4 Å². The lowest BCUT2D eigenvalue weighted by atomic mass is 10.1. The van der Waals surface area contributed by atoms with Crippen LogP contribution in [0.15, 0.2) is 29.3 Å². The number of hydrogen-bond acceptors (Lipinski definition) is 3. The highest BCUT2D eigenvalue weighted by Crippen LogP contribution is 2.24. The average Bonchev–Trinajstić information content (AvgIpc) is 2.93. The molecule has 1 aliphatic carbocycles. The summed E-state index contributed by atoms with van der Waals surface area (Å²) in [5.41, 5.74) is 2.46. The Morgan fingerprint density at radius 2 is 1.94 bits per heavy atom. The van der Waals surface area contributed by atoms with Gasteiger partial charge in [-0.1, -0.05) is 25.0 Å². The van der Waals surface area contributed by atoms with E-state index >= 15 is 0 Å². The van der Waals surface area contributed by atoms with Gasteiger partial charge in [0, 0.05) is 30.4 Å². The van der Waals surface area contributed by atoms with E-state index in [9.17, 15) is 0 Å². The zero-order valence-electron chi connectivity index (χ0n) is 10.8. The molecule has 0 saturated heterocycles. The number of anilines is 1. The van der Waals surface area contributed by atoms with Crippen molar-refractivity contribution < 1.29 is 0 Å². The first-order valence-electron chi connectivity index (χ1n) is 7.08. The van der Waals surface area contributed by atoms with Gasteiger partial charge < -0.3 is 10.6 Å². The zero-order valence-corrected chi connectivity index (χ0v) is 10.8. The molecular weight excluding hydrogens is 222 g/mol. The van der Waals surface area contributed by atoms with Gasteiger partial charge in [0.1, 0.15) is 5.84 Å².